The van der Waals surface area contributed by atoms with Gasteiger partial charge in [-0.25, -0.2) is 0 Å². The highest BCUT2D eigenvalue weighted by atomic mass is 16.4. The van der Waals surface area contributed by atoms with Crippen LogP contribution in [0.25, 0.3) is 10.9 Å². The zero-order chi connectivity index (χ0) is 18.0. The maximum absolute atomic E-state index is 12.7. The largest absolute Gasteiger partial charge is 0.481 e. The van der Waals surface area contributed by atoms with Gasteiger partial charge in [-0.3, -0.25) is 14.5 Å². The molecule has 6 heteroatoms. The van der Waals surface area contributed by atoms with E-state index in [0.29, 0.717) is 19.5 Å². The number of piperazine rings is 1. The molecule has 0 bridgehead atoms. The number of carboxylic acid groups (broad SMARTS) is 1. The first kappa shape index (κ1) is 17.5. The molecule has 1 aliphatic heterocycles. The third-order valence-corrected chi connectivity index (χ3v) is 5.08. The Morgan fingerprint density at radius 2 is 1.84 bits per heavy atom. The number of rotatable bonds is 5. The second kappa shape index (κ2) is 7.27. The summed E-state index contributed by atoms with van der Waals surface area (Å²) in [6.07, 6.45) is 2.59. The van der Waals surface area contributed by atoms with Crippen LogP contribution in [0.4, 0.5) is 0 Å². The van der Waals surface area contributed by atoms with Gasteiger partial charge >= 0.3 is 5.97 Å². The minimum Gasteiger partial charge on any atom is -0.481 e. The van der Waals surface area contributed by atoms with Crippen LogP contribution in [0, 0.1) is 0 Å². The van der Waals surface area contributed by atoms with E-state index in [1.54, 1.807) is 0 Å². The molecule has 1 unspecified atom stereocenters. The zero-order valence-electron chi connectivity index (χ0n) is 14.8. The van der Waals surface area contributed by atoms with Gasteiger partial charge < -0.3 is 14.6 Å². The second-order valence-corrected chi connectivity index (χ2v) is 6.82. The van der Waals surface area contributed by atoms with Gasteiger partial charge in [-0.1, -0.05) is 18.2 Å². The highest BCUT2D eigenvalue weighted by Gasteiger charge is 2.25. The quantitative estimate of drug-likeness (QED) is 0.898. The Morgan fingerprint density at radius 3 is 2.52 bits per heavy atom. The normalized spacial score (nSPS) is 17.0. The van der Waals surface area contributed by atoms with E-state index in [0.717, 1.165) is 29.6 Å². The van der Waals surface area contributed by atoms with Crippen molar-refractivity contribution in [1.82, 2.24) is 14.4 Å². The van der Waals surface area contributed by atoms with Crippen LogP contribution in [-0.2, 0) is 23.1 Å². The standard InChI is InChI=1S/C19H25N3O3/c1-14(11-19(24)25)21-7-9-22(10-8-21)18(23)12-15-13-20(2)17-6-4-3-5-16(15)17/h3-6,13-14H,7-12H2,1-2H3,(H,24,25). The molecule has 6 nitrogen and oxygen atoms in total. The molecule has 1 atom stereocenters. The van der Waals surface area contributed by atoms with Crippen molar-refractivity contribution in [1.29, 1.82) is 0 Å². The number of carboxylic acids is 1. The second-order valence-electron chi connectivity index (χ2n) is 6.82. The van der Waals surface area contributed by atoms with Gasteiger partial charge in [0.1, 0.15) is 0 Å². The fourth-order valence-electron chi connectivity index (χ4n) is 3.64. The molecule has 2 heterocycles. The van der Waals surface area contributed by atoms with Gasteiger partial charge in [-0.05, 0) is 18.6 Å². The van der Waals surface area contributed by atoms with E-state index in [4.69, 9.17) is 5.11 Å². The number of benzene rings is 1. The molecule has 1 aromatic carbocycles. The van der Waals surface area contributed by atoms with Crippen LogP contribution in [-0.4, -0.2) is 63.6 Å². The van der Waals surface area contributed by atoms with Crippen LogP contribution in [0.2, 0.25) is 0 Å². The number of para-hydroxylation sites is 1. The number of hydrogen-bond acceptors (Lipinski definition) is 3. The average Bonchev–Trinajstić information content (AvgIpc) is 2.91. The topological polar surface area (TPSA) is 65.8 Å². The van der Waals surface area contributed by atoms with Crippen molar-refractivity contribution < 1.29 is 14.7 Å². The summed E-state index contributed by atoms with van der Waals surface area (Å²) in [6.45, 7) is 4.72. The molecule has 0 saturated carbocycles. The maximum Gasteiger partial charge on any atom is 0.304 e. The number of hydrogen-bond donors (Lipinski definition) is 1. The van der Waals surface area contributed by atoms with Crippen LogP contribution < -0.4 is 0 Å². The summed E-state index contributed by atoms with van der Waals surface area (Å²) in [5.74, 6) is -0.635. The molecular formula is C19H25N3O3. The molecule has 1 fully saturated rings. The lowest BCUT2D eigenvalue weighted by Crippen LogP contribution is -2.52. The fraction of sp³-hybridized carbons (Fsp3) is 0.474. The highest BCUT2D eigenvalue weighted by molar-refractivity contribution is 5.89. The molecule has 1 N–H and O–H groups in total. The minimum atomic E-state index is -0.776. The van der Waals surface area contributed by atoms with Gasteiger partial charge in [0.15, 0.2) is 0 Å². The average molecular weight is 343 g/mol. The Balaban J connectivity index is 1.60. The lowest BCUT2D eigenvalue weighted by atomic mass is 10.1. The van der Waals surface area contributed by atoms with Crippen molar-refractivity contribution in [3.8, 4) is 0 Å². The number of fused-ring (bicyclic) bond motifs is 1. The summed E-state index contributed by atoms with van der Waals surface area (Å²) >= 11 is 0. The Kier molecular flexibility index (Phi) is 5.08. The van der Waals surface area contributed by atoms with Gasteiger partial charge in [-0.15, -0.1) is 0 Å². The first-order valence-electron chi connectivity index (χ1n) is 8.72. The van der Waals surface area contributed by atoms with Crippen LogP contribution >= 0.6 is 0 Å². The number of aromatic nitrogens is 1. The van der Waals surface area contributed by atoms with E-state index in [9.17, 15) is 9.59 Å². The molecule has 1 aromatic heterocycles. The van der Waals surface area contributed by atoms with Crippen LogP contribution in [0.1, 0.15) is 18.9 Å². The summed E-state index contributed by atoms with van der Waals surface area (Å²) in [6, 6.07) is 8.13. The number of amides is 1. The fourth-order valence-corrected chi connectivity index (χ4v) is 3.64. The summed E-state index contributed by atoms with van der Waals surface area (Å²) in [7, 11) is 2.00. The van der Waals surface area contributed by atoms with E-state index in [2.05, 4.69) is 21.6 Å². The summed E-state index contributed by atoms with van der Waals surface area (Å²) in [5, 5.41) is 10.0. The first-order valence-corrected chi connectivity index (χ1v) is 8.72. The van der Waals surface area contributed by atoms with Gasteiger partial charge in [0.05, 0.1) is 12.8 Å². The molecule has 1 saturated heterocycles. The predicted molar refractivity (Wildman–Crippen MR) is 96.5 cm³/mol. The monoisotopic (exact) mass is 343 g/mol. The zero-order valence-corrected chi connectivity index (χ0v) is 14.8. The predicted octanol–water partition coefficient (Wildman–Crippen LogP) is 1.73. The SMILES string of the molecule is CC(CC(=O)O)N1CCN(C(=O)Cc2cn(C)c3ccccc23)CC1. The van der Waals surface area contributed by atoms with E-state index in [-0.39, 0.29) is 18.4 Å². The molecule has 1 amide bonds. The molecule has 3 rings (SSSR count). The summed E-state index contributed by atoms with van der Waals surface area (Å²) in [5.41, 5.74) is 2.20. The number of nitrogens with zero attached hydrogens (tertiary/aromatic N) is 3. The van der Waals surface area contributed by atoms with Gasteiger partial charge in [0.25, 0.3) is 0 Å². The molecular weight excluding hydrogens is 318 g/mol. The first-order chi connectivity index (χ1) is 12.0. The molecule has 0 radical (unpaired) electrons. The van der Waals surface area contributed by atoms with Crippen LogP contribution in [0.15, 0.2) is 30.5 Å². The summed E-state index contributed by atoms with van der Waals surface area (Å²) < 4.78 is 2.06. The van der Waals surface area contributed by atoms with Gasteiger partial charge in [0, 0.05) is 56.4 Å². The van der Waals surface area contributed by atoms with Crippen molar-refractivity contribution >= 4 is 22.8 Å². The van der Waals surface area contributed by atoms with Crippen molar-refractivity contribution in [2.75, 3.05) is 26.2 Å². The van der Waals surface area contributed by atoms with E-state index >= 15 is 0 Å². The summed E-state index contributed by atoms with van der Waals surface area (Å²) in [4.78, 5) is 27.6. The van der Waals surface area contributed by atoms with Gasteiger partial charge in [0.2, 0.25) is 5.91 Å². The lowest BCUT2D eigenvalue weighted by Gasteiger charge is -2.37. The number of aryl methyl sites for hydroxylation is 1. The Labute approximate surface area is 147 Å². The van der Waals surface area contributed by atoms with Crippen molar-refractivity contribution in [3.63, 3.8) is 0 Å². The van der Waals surface area contributed by atoms with E-state index in [1.165, 1.54) is 0 Å². The van der Waals surface area contributed by atoms with Crippen molar-refractivity contribution in [2.24, 2.45) is 7.05 Å². The minimum absolute atomic E-state index is 0.00724. The Hall–Kier alpha value is -2.34. The molecule has 2 aromatic rings. The van der Waals surface area contributed by atoms with Crippen LogP contribution in [0.5, 0.6) is 0 Å². The Morgan fingerprint density at radius 1 is 1.16 bits per heavy atom. The highest BCUT2D eigenvalue weighted by Crippen LogP contribution is 2.21. The van der Waals surface area contributed by atoms with Crippen molar-refractivity contribution in [2.45, 2.75) is 25.8 Å². The molecule has 0 aliphatic carbocycles. The lowest BCUT2D eigenvalue weighted by molar-refractivity contribution is -0.139. The maximum atomic E-state index is 12.7. The molecule has 25 heavy (non-hydrogen) atoms. The third kappa shape index (κ3) is 3.85. The van der Waals surface area contributed by atoms with Gasteiger partial charge in [-0.2, -0.15) is 0 Å². The van der Waals surface area contributed by atoms with Crippen LogP contribution in [0.3, 0.4) is 0 Å². The van der Waals surface area contributed by atoms with E-state index in [1.807, 2.05) is 37.2 Å². The van der Waals surface area contributed by atoms with Crippen molar-refractivity contribution in [3.05, 3.63) is 36.0 Å². The van der Waals surface area contributed by atoms with E-state index < -0.39 is 5.97 Å². The third-order valence-electron chi connectivity index (χ3n) is 5.08. The number of aliphatic carboxylic acids is 1. The molecule has 134 valence electrons. The number of carbonyl (C=O) groups excluding carboxylic acids is 1. The number of carbonyl (C=O) groups is 2. The molecule has 1 aliphatic rings. The Bertz CT molecular complexity index is 775. The molecule has 0 spiro atoms. The smallest absolute Gasteiger partial charge is 0.304 e.